The SMILES string of the molecule is O=C(CNCC1CC1)NCc1ccc(N2CCCC2)nc1. The normalized spacial score (nSPS) is 18.0. The van der Waals surface area contributed by atoms with Crippen molar-refractivity contribution in [3.63, 3.8) is 0 Å². The van der Waals surface area contributed by atoms with Crippen molar-refractivity contribution in [3.8, 4) is 0 Å². The number of carbonyl (C=O) groups excluding carboxylic acids is 1. The molecule has 1 aliphatic heterocycles. The third kappa shape index (κ3) is 4.43. The van der Waals surface area contributed by atoms with Crippen molar-refractivity contribution >= 4 is 11.7 Å². The maximum atomic E-state index is 11.7. The summed E-state index contributed by atoms with van der Waals surface area (Å²) in [5, 5.41) is 6.12. The number of amides is 1. The minimum atomic E-state index is 0.0549. The van der Waals surface area contributed by atoms with Gasteiger partial charge in [-0.25, -0.2) is 4.98 Å². The van der Waals surface area contributed by atoms with Crippen LogP contribution in [0.3, 0.4) is 0 Å². The Morgan fingerprint density at radius 2 is 2.10 bits per heavy atom. The number of anilines is 1. The van der Waals surface area contributed by atoms with Gasteiger partial charge in [-0.15, -0.1) is 0 Å². The monoisotopic (exact) mass is 288 g/mol. The van der Waals surface area contributed by atoms with E-state index in [1.54, 1.807) is 0 Å². The molecule has 3 rings (SSSR count). The van der Waals surface area contributed by atoms with Crippen LogP contribution >= 0.6 is 0 Å². The Balaban J connectivity index is 1.38. The number of nitrogens with zero attached hydrogens (tertiary/aromatic N) is 2. The van der Waals surface area contributed by atoms with Crippen LogP contribution in [0.5, 0.6) is 0 Å². The van der Waals surface area contributed by atoms with Crippen molar-refractivity contribution in [2.45, 2.75) is 32.2 Å². The molecule has 0 bridgehead atoms. The first kappa shape index (κ1) is 14.3. The third-order valence-corrected chi connectivity index (χ3v) is 4.14. The van der Waals surface area contributed by atoms with Gasteiger partial charge in [0.2, 0.25) is 5.91 Å². The van der Waals surface area contributed by atoms with Crippen molar-refractivity contribution in [1.29, 1.82) is 0 Å². The molecule has 2 N–H and O–H groups in total. The molecule has 114 valence electrons. The highest BCUT2D eigenvalue weighted by molar-refractivity contribution is 5.77. The summed E-state index contributed by atoms with van der Waals surface area (Å²) in [4.78, 5) is 18.5. The average Bonchev–Trinajstić information content (AvgIpc) is 3.16. The van der Waals surface area contributed by atoms with Gasteiger partial charge < -0.3 is 15.5 Å². The topological polar surface area (TPSA) is 57.3 Å². The average molecular weight is 288 g/mol. The summed E-state index contributed by atoms with van der Waals surface area (Å²) in [6, 6.07) is 4.11. The number of aromatic nitrogens is 1. The first-order valence-corrected chi connectivity index (χ1v) is 7.98. The summed E-state index contributed by atoms with van der Waals surface area (Å²) >= 11 is 0. The highest BCUT2D eigenvalue weighted by atomic mass is 16.1. The van der Waals surface area contributed by atoms with Gasteiger partial charge in [-0.2, -0.15) is 0 Å². The largest absolute Gasteiger partial charge is 0.357 e. The molecule has 0 unspecified atom stereocenters. The molecule has 5 nitrogen and oxygen atoms in total. The van der Waals surface area contributed by atoms with E-state index in [4.69, 9.17) is 0 Å². The minimum absolute atomic E-state index is 0.0549. The van der Waals surface area contributed by atoms with E-state index in [-0.39, 0.29) is 5.91 Å². The van der Waals surface area contributed by atoms with E-state index >= 15 is 0 Å². The second-order valence-electron chi connectivity index (χ2n) is 6.07. The zero-order valence-corrected chi connectivity index (χ0v) is 12.5. The van der Waals surface area contributed by atoms with Gasteiger partial charge in [-0.05, 0) is 49.8 Å². The van der Waals surface area contributed by atoms with E-state index in [1.165, 1.54) is 25.7 Å². The molecule has 1 saturated heterocycles. The summed E-state index contributed by atoms with van der Waals surface area (Å²) in [6.07, 6.45) is 7.00. The van der Waals surface area contributed by atoms with E-state index in [0.29, 0.717) is 13.1 Å². The second-order valence-corrected chi connectivity index (χ2v) is 6.07. The maximum absolute atomic E-state index is 11.7. The molecule has 2 fully saturated rings. The predicted octanol–water partition coefficient (Wildman–Crippen LogP) is 1.30. The molecule has 2 aliphatic rings. The number of pyridine rings is 1. The van der Waals surface area contributed by atoms with Gasteiger partial charge >= 0.3 is 0 Å². The van der Waals surface area contributed by atoms with E-state index < -0.39 is 0 Å². The fourth-order valence-corrected chi connectivity index (χ4v) is 2.63. The van der Waals surface area contributed by atoms with E-state index in [2.05, 4.69) is 32.7 Å². The maximum Gasteiger partial charge on any atom is 0.234 e. The number of rotatable bonds is 7. The third-order valence-electron chi connectivity index (χ3n) is 4.14. The summed E-state index contributed by atoms with van der Waals surface area (Å²) in [5.41, 5.74) is 1.05. The second kappa shape index (κ2) is 6.89. The van der Waals surface area contributed by atoms with Crippen LogP contribution in [-0.2, 0) is 11.3 Å². The van der Waals surface area contributed by atoms with Crippen LogP contribution < -0.4 is 15.5 Å². The zero-order chi connectivity index (χ0) is 14.5. The highest BCUT2D eigenvalue weighted by Crippen LogP contribution is 2.27. The van der Waals surface area contributed by atoms with Crippen LogP contribution in [0.1, 0.15) is 31.2 Å². The minimum Gasteiger partial charge on any atom is -0.357 e. The highest BCUT2D eigenvalue weighted by Gasteiger charge is 2.20. The lowest BCUT2D eigenvalue weighted by molar-refractivity contribution is -0.120. The van der Waals surface area contributed by atoms with Crippen molar-refractivity contribution in [3.05, 3.63) is 23.9 Å². The molecule has 1 aliphatic carbocycles. The van der Waals surface area contributed by atoms with Crippen molar-refractivity contribution in [2.24, 2.45) is 5.92 Å². The fraction of sp³-hybridized carbons (Fsp3) is 0.625. The van der Waals surface area contributed by atoms with Gasteiger partial charge in [0.15, 0.2) is 0 Å². The van der Waals surface area contributed by atoms with Crippen LogP contribution in [0.2, 0.25) is 0 Å². The zero-order valence-electron chi connectivity index (χ0n) is 12.5. The molecular formula is C16H24N4O. The lowest BCUT2D eigenvalue weighted by atomic mass is 10.2. The van der Waals surface area contributed by atoms with Gasteiger partial charge in [-0.1, -0.05) is 6.07 Å². The predicted molar refractivity (Wildman–Crippen MR) is 83.1 cm³/mol. The Morgan fingerprint density at radius 1 is 1.29 bits per heavy atom. The Morgan fingerprint density at radius 3 is 2.76 bits per heavy atom. The van der Waals surface area contributed by atoms with E-state index in [9.17, 15) is 4.79 Å². The Labute approximate surface area is 126 Å². The summed E-state index contributed by atoms with van der Waals surface area (Å²) < 4.78 is 0. The van der Waals surface area contributed by atoms with Gasteiger partial charge in [0, 0.05) is 25.8 Å². The van der Waals surface area contributed by atoms with E-state index in [1.807, 2.05) is 6.20 Å². The summed E-state index contributed by atoms with van der Waals surface area (Å²) in [7, 11) is 0. The first-order valence-electron chi connectivity index (χ1n) is 7.98. The number of nitrogens with one attached hydrogen (secondary N) is 2. The van der Waals surface area contributed by atoms with Crippen molar-refractivity contribution in [2.75, 3.05) is 31.1 Å². The Bertz CT molecular complexity index is 464. The van der Waals surface area contributed by atoms with Crippen LogP contribution in [0.4, 0.5) is 5.82 Å². The molecule has 1 saturated carbocycles. The van der Waals surface area contributed by atoms with Crippen molar-refractivity contribution in [1.82, 2.24) is 15.6 Å². The van der Waals surface area contributed by atoms with Gasteiger partial charge in [-0.3, -0.25) is 4.79 Å². The lowest BCUT2D eigenvalue weighted by Gasteiger charge is -2.16. The van der Waals surface area contributed by atoms with E-state index in [0.717, 1.165) is 36.9 Å². The molecular weight excluding hydrogens is 264 g/mol. The Hall–Kier alpha value is -1.62. The van der Waals surface area contributed by atoms with Gasteiger partial charge in [0.1, 0.15) is 5.82 Å². The molecule has 1 aromatic rings. The van der Waals surface area contributed by atoms with Crippen molar-refractivity contribution < 1.29 is 4.79 Å². The lowest BCUT2D eigenvalue weighted by Crippen LogP contribution is -2.34. The molecule has 21 heavy (non-hydrogen) atoms. The number of hydrogen-bond acceptors (Lipinski definition) is 4. The molecule has 0 aromatic carbocycles. The number of hydrogen-bond donors (Lipinski definition) is 2. The van der Waals surface area contributed by atoms with Crippen LogP contribution in [0.25, 0.3) is 0 Å². The Kier molecular flexibility index (Phi) is 4.70. The molecule has 0 atom stereocenters. The van der Waals surface area contributed by atoms with Gasteiger partial charge in [0.25, 0.3) is 0 Å². The quantitative estimate of drug-likeness (QED) is 0.794. The molecule has 5 heteroatoms. The van der Waals surface area contributed by atoms with Crippen LogP contribution in [0, 0.1) is 5.92 Å². The molecule has 1 amide bonds. The smallest absolute Gasteiger partial charge is 0.234 e. The molecule has 1 aromatic heterocycles. The first-order chi connectivity index (χ1) is 10.3. The van der Waals surface area contributed by atoms with Crippen LogP contribution in [0.15, 0.2) is 18.3 Å². The fourth-order valence-electron chi connectivity index (χ4n) is 2.63. The van der Waals surface area contributed by atoms with Gasteiger partial charge in [0.05, 0.1) is 6.54 Å². The standard InChI is InChI=1S/C16H24N4O/c21-16(12-17-9-13-3-4-13)19-11-14-5-6-15(18-10-14)20-7-1-2-8-20/h5-6,10,13,17H,1-4,7-9,11-12H2,(H,19,21). The molecule has 0 spiro atoms. The van der Waals surface area contributed by atoms with Crippen LogP contribution in [-0.4, -0.2) is 37.1 Å². The molecule has 0 radical (unpaired) electrons. The number of carbonyl (C=O) groups is 1. The summed E-state index contributed by atoms with van der Waals surface area (Å²) in [5.74, 6) is 1.91. The summed E-state index contributed by atoms with van der Waals surface area (Å²) in [6.45, 7) is 4.15. The molecule has 2 heterocycles.